The van der Waals surface area contributed by atoms with Crippen molar-refractivity contribution in [2.45, 2.75) is 62.4 Å². The molecule has 210 valence electrons. The molecule has 0 aromatic heterocycles. The molecule has 3 heterocycles. The quantitative estimate of drug-likeness (QED) is 0.450. The first-order valence-corrected chi connectivity index (χ1v) is 15.0. The number of likely N-dealkylation sites (N-methyl/N-ethyl adjacent to an activating group) is 1. The van der Waals surface area contributed by atoms with Crippen molar-refractivity contribution in [3.63, 3.8) is 0 Å². The van der Waals surface area contributed by atoms with E-state index in [0.717, 1.165) is 77.0 Å². The summed E-state index contributed by atoms with van der Waals surface area (Å²) in [5, 5.41) is 9.81. The number of fused-ring (bicyclic) bond motifs is 1. The molecule has 4 aliphatic rings. The van der Waals surface area contributed by atoms with Crippen molar-refractivity contribution < 1.29 is 9.53 Å². The maximum Gasteiger partial charge on any atom is 0.251 e. The Bertz CT molecular complexity index is 1340. The van der Waals surface area contributed by atoms with Crippen molar-refractivity contribution in [1.29, 1.82) is 0 Å². The molecule has 40 heavy (non-hydrogen) atoms. The largest absolute Gasteiger partial charge is 0.375 e. The molecule has 9 heteroatoms. The Hall–Kier alpha value is -3.27. The second kappa shape index (κ2) is 11.7. The number of thioether (sulfide) groups is 1. The minimum absolute atomic E-state index is 0.0140. The lowest BCUT2D eigenvalue weighted by molar-refractivity contribution is -0.0253. The Morgan fingerprint density at radius 2 is 2.05 bits per heavy atom. The molecule has 0 radical (unpaired) electrons. The third-order valence-corrected chi connectivity index (χ3v) is 8.59. The number of aryl methyl sites for hydroxylation is 1. The summed E-state index contributed by atoms with van der Waals surface area (Å²) in [7, 11) is 2.15. The van der Waals surface area contributed by atoms with Gasteiger partial charge in [-0.2, -0.15) is 0 Å². The zero-order chi connectivity index (χ0) is 27.6. The van der Waals surface area contributed by atoms with Crippen molar-refractivity contribution in [2.24, 2.45) is 4.99 Å². The van der Waals surface area contributed by atoms with Crippen LogP contribution >= 0.6 is 11.8 Å². The summed E-state index contributed by atoms with van der Waals surface area (Å²) in [5.74, 6) is 0.0140. The number of carbonyl (C=O) groups excluding carboxylic acids is 1. The van der Waals surface area contributed by atoms with Crippen LogP contribution in [0.2, 0.25) is 0 Å². The molecule has 1 saturated carbocycles. The van der Waals surface area contributed by atoms with Gasteiger partial charge in [0, 0.05) is 41.4 Å². The Balaban J connectivity index is 1.24. The fourth-order valence-corrected chi connectivity index (χ4v) is 6.28. The molecule has 0 bridgehead atoms. The number of aliphatic imine (C=N–C) groups is 1. The van der Waals surface area contributed by atoms with Gasteiger partial charge < -0.3 is 20.3 Å². The SMILES string of the molecule is Cc1cc(C2=CNC3C(=N[C@@H](C)CC4CN(C)CCO4)C=C(Sc4ccccc4)NN23)ccc1C(=O)NC1CC1. The molecule has 2 aromatic rings. The van der Waals surface area contributed by atoms with Crippen LogP contribution in [0.3, 0.4) is 0 Å². The summed E-state index contributed by atoms with van der Waals surface area (Å²) in [6, 6.07) is 16.9. The van der Waals surface area contributed by atoms with Crippen molar-refractivity contribution in [2.75, 3.05) is 26.7 Å². The van der Waals surface area contributed by atoms with Gasteiger partial charge >= 0.3 is 0 Å². The van der Waals surface area contributed by atoms with Gasteiger partial charge in [0.15, 0.2) is 6.17 Å². The van der Waals surface area contributed by atoms with Gasteiger partial charge in [0.2, 0.25) is 0 Å². The molecule has 2 fully saturated rings. The van der Waals surface area contributed by atoms with E-state index in [9.17, 15) is 4.79 Å². The Morgan fingerprint density at radius 1 is 1.23 bits per heavy atom. The van der Waals surface area contributed by atoms with Crippen LogP contribution < -0.4 is 16.1 Å². The predicted molar refractivity (Wildman–Crippen MR) is 161 cm³/mol. The number of nitrogens with one attached hydrogen (secondary N) is 3. The molecule has 3 atom stereocenters. The second-order valence-electron chi connectivity index (χ2n) is 11.2. The first kappa shape index (κ1) is 26.9. The van der Waals surface area contributed by atoms with Gasteiger partial charge in [-0.05, 0) is 76.1 Å². The molecule has 8 nitrogen and oxygen atoms in total. The van der Waals surface area contributed by atoms with Gasteiger partial charge in [-0.15, -0.1) is 0 Å². The van der Waals surface area contributed by atoms with Crippen LogP contribution in [-0.2, 0) is 4.74 Å². The number of benzene rings is 2. The third kappa shape index (κ3) is 6.22. The van der Waals surface area contributed by atoms with Crippen molar-refractivity contribution in [3.8, 4) is 0 Å². The van der Waals surface area contributed by atoms with Gasteiger partial charge in [0.25, 0.3) is 5.91 Å². The zero-order valence-corrected chi connectivity index (χ0v) is 24.2. The fraction of sp³-hybridized carbons (Fsp3) is 0.419. The standard InChI is InChI=1S/C31H38N6O2S/c1-20-15-22(9-12-26(20)31(38)34-23-10-11-23)28-18-32-30-27(33-21(2)16-24-19-36(3)13-14-39-24)17-29(35-37(28)30)40-25-7-5-4-6-8-25/h4-9,12,15,17-18,21,23-24,30,32,35H,10-11,13-14,16,19H2,1-3H3,(H,34,38)/t21-,24?,30?/m0/s1. The number of amides is 1. The number of hydrazine groups is 1. The van der Waals surface area contributed by atoms with Crippen LogP contribution in [0.15, 0.2) is 75.7 Å². The minimum atomic E-state index is -0.134. The number of hydrogen-bond acceptors (Lipinski definition) is 8. The average Bonchev–Trinajstić information content (AvgIpc) is 3.64. The Kier molecular flexibility index (Phi) is 7.87. The molecule has 2 aromatic carbocycles. The monoisotopic (exact) mass is 558 g/mol. The number of nitrogens with zero attached hydrogens (tertiary/aromatic N) is 3. The van der Waals surface area contributed by atoms with Crippen molar-refractivity contribution in [1.82, 2.24) is 26.0 Å². The fourth-order valence-electron chi connectivity index (χ4n) is 5.41. The third-order valence-electron chi connectivity index (χ3n) is 7.65. The van der Waals surface area contributed by atoms with E-state index in [1.807, 2.05) is 31.3 Å². The smallest absolute Gasteiger partial charge is 0.251 e. The summed E-state index contributed by atoms with van der Waals surface area (Å²) in [6.07, 6.45) is 7.30. The lowest BCUT2D eigenvalue weighted by atomic mass is 10.0. The van der Waals surface area contributed by atoms with Gasteiger partial charge in [-0.25, -0.2) is 0 Å². The van der Waals surface area contributed by atoms with Crippen molar-refractivity contribution in [3.05, 3.63) is 82.5 Å². The predicted octanol–water partition coefficient (Wildman–Crippen LogP) is 4.12. The number of carbonyl (C=O) groups is 1. The van der Waals surface area contributed by atoms with Gasteiger partial charge in [-0.1, -0.05) is 36.0 Å². The van der Waals surface area contributed by atoms with E-state index in [4.69, 9.17) is 9.73 Å². The van der Waals surface area contributed by atoms with Gasteiger partial charge in [-0.3, -0.25) is 20.2 Å². The Morgan fingerprint density at radius 3 is 2.80 bits per heavy atom. The van der Waals surface area contributed by atoms with E-state index in [2.05, 4.69) is 76.3 Å². The van der Waals surface area contributed by atoms with Crippen LogP contribution in [0, 0.1) is 6.92 Å². The van der Waals surface area contributed by atoms with Crippen LogP contribution in [0.1, 0.15) is 47.7 Å². The van der Waals surface area contributed by atoms with E-state index in [0.29, 0.717) is 6.04 Å². The molecule has 1 aliphatic carbocycles. The van der Waals surface area contributed by atoms with Crippen LogP contribution in [0.5, 0.6) is 0 Å². The lowest BCUT2D eigenvalue weighted by Gasteiger charge is -2.36. The lowest BCUT2D eigenvalue weighted by Crippen LogP contribution is -2.52. The molecular weight excluding hydrogens is 520 g/mol. The maximum atomic E-state index is 12.7. The first-order valence-electron chi connectivity index (χ1n) is 14.2. The number of ether oxygens (including phenoxy) is 1. The average molecular weight is 559 g/mol. The van der Waals surface area contributed by atoms with E-state index < -0.39 is 0 Å². The van der Waals surface area contributed by atoms with E-state index in [1.54, 1.807) is 11.8 Å². The molecule has 1 amide bonds. The molecule has 3 N–H and O–H groups in total. The number of hydrogen-bond donors (Lipinski definition) is 3. The van der Waals surface area contributed by atoms with Crippen LogP contribution in [0.25, 0.3) is 5.70 Å². The van der Waals surface area contributed by atoms with Gasteiger partial charge in [0.1, 0.15) is 0 Å². The maximum absolute atomic E-state index is 12.7. The summed E-state index contributed by atoms with van der Waals surface area (Å²) < 4.78 is 6.02. The minimum Gasteiger partial charge on any atom is -0.375 e. The highest BCUT2D eigenvalue weighted by Crippen LogP contribution is 2.33. The highest BCUT2D eigenvalue weighted by molar-refractivity contribution is 8.03. The summed E-state index contributed by atoms with van der Waals surface area (Å²) in [6.45, 7) is 6.88. The second-order valence-corrected chi connectivity index (χ2v) is 12.3. The van der Waals surface area contributed by atoms with Gasteiger partial charge in [0.05, 0.1) is 35.2 Å². The Labute approximate surface area is 240 Å². The number of rotatable bonds is 8. The van der Waals surface area contributed by atoms with E-state index in [-0.39, 0.29) is 24.2 Å². The summed E-state index contributed by atoms with van der Waals surface area (Å²) in [4.78, 5) is 21.4. The topological polar surface area (TPSA) is 81.2 Å². The normalized spacial score (nSPS) is 24.5. The van der Waals surface area contributed by atoms with Crippen LogP contribution in [0.4, 0.5) is 0 Å². The van der Waals surface area contributed by atoms with Crippen LogP contribution in [-0.4, -0.2) is 72.6 Å². The summed E-state index contributed by atoms with van der Waals surface area (Å²) >= 11 is 1.69. The molecule has 1 saturated heterocycles. The summed E-state index contributed by atoms with van der Waals surface area (Å²) in [5.41, 5.74) is 8.37. The van der Waals surface area contributed by atoms with E-state index >= 15 is 0 Å². The molecule has 3 aliphatic heterocycles. The zero-order valence-electron chi connectivity index (χ0n) is 23.4. The van der Waals surface area contributed by atoms with E-state index in [1.165, 1.54) is 0 Å². The first-order chi connectivity index (χ1) is 19.4. The highest BCUT2D eigenvalue weighted by Gasteiger charge is 2.35. The molecular formula is C31H38N6O2S. The van der Waals surface area contributed by atoms with Crippen molar-refractivity contribution >= 4 is 29.1 Å². The highest BCUT2D eigenvalue weighted by atomic mass is 32.2. The molecule has 2 unspecified atom stereocenters. The number of morpholine rings is 1. The molecule has 6 rings (SSSR count). The molecule has 0 spiro atoms.